The molecule has 4 aromatic carbocycles. The van der Waals surface area contributed by atoms with Crippen LogP contribution in [0.15, 0.2) is 107 Å². The lowest BCUT2D eigenvalue weighted by Crippen LogP contribution is -2.54. The van der Waals surface area contributed by atoms with Crippen LogP contribution in [0.1, 0.15) is 11.1 Å². The number of urea groups is 1. The van der Waals surface area contributed by atoms with E-state index in [9.17, 15) is 14.4 Å². The molecule has 0 saturated carbocycles. The van der Waals surface area contributed by atoms with Crippen LogP contribution in [0, 0.1) is 0 Å². The molecule has 0 spiro atoms. The Morgan fingerprint density at radius 2 is 1.49 bits per heavy atom. The molecule has 0 bridgehead atoms. The highest BCUT2D eigenvalue weighted by Gasteiger charge is 2.37. The van der Waals surface area contributed by atoms with Crippen molar-refractivity contribution in [1.29, 1.82) is 0 Å². The highest BCUT2D eigenvalue weighted by Crippen LogP contribution is 2.29. The number of anilines is 1. The molecule has 1 saturated heterocycles. The van der Waals surface area contributed by atoms with Gasteiger partial charge in [-0.3, -0.25) is 14.9 Å². The fourth-order valence-electron chi connectivity index (χ4n) is 4.77. The highest BCUT2D eigenvalue weighted by molar-refractivity contribution is 9.10. The van der Waals surface area contributed by atoms with Gasteiger partial charge in [0.15, 0.2) is 0 Å². The number of imide groups is 2. The van der Waals surface area contributed by atoms with Gasteiger partial charge in [-0.25, -0.2) is 9.69 Å². The topological polar surface area (TPSA) is 71.4 Å². The summed E-state index contributed by atoms with van der Waals surface area (Å²) in [5.41, 5.74) is 3.14. The second-order valence-electron chi connectivity index (χ2n) is 8.80. The Labute approximate surface area is 220 Å². The van der Waals surface area contributed by atoms with Crippen LogP contribution in [0.25, 0.3) is 27.8 Å². The first-order valence-electron chi connectivity index (χ1n) is 11.7. The van der Waals surface area contributed by atoms with Gasteiger partial charge in [-0.05, 0) is 52.7 Å². The average molecular weight is 550 g/mol. The van der Waals surface area contributed by atoms with Gasteiger partial charge >= 0.3 is 6.03 Å². The number of rotatable bonds is 4. The van der Waals surface area contributed by atoms with Crippen molar-refractivity contribution in [2.75, 3.05) is 4.90 Å². The summed E-state index contributed by atoms with van der Waals surface area (Å²) >= 11 is 3.36. The van der Waals surface area contributed by atoms with Crippen molar-refractivity contribution < 1.29 is 14.4 Å². The van der Waals surface area contributed by atoms with Gasteiger partial charge in [0, 0.05) is 33.7 Å². The largest absolute Gasteiger partial charge is 0.342 e. The third-order valence-electron chi connectivity index (χ3n) is 6.53. The monoisotopic (exact) mass is 549 g/mol. The summed E-state index contributed by atoms with van der Waals surface area (Å²) in [5, 5.41) is 5.55. The van der Waals surface area contributed by atoms with Crippen molar-refractivity contribution >= 4 is 67.2 Å². The molecular formula is C30H20BrN3O3. The molecule has 4 amide bonds. The molecule has 6 rings (SSSR count). The van der Waals surface area contributed by atoms with E-state index in [2.05, 4.69) is 50.1 Å². The molecule has 1 aliphatic heterocycles. The van der Waals surface area contributed by atoms with Crippen LogP contribution in [0.3, 0.4) is 0 Å². The first kappa shape index (κ1) is 22.9. The summed E-state index contributed by atoms with van der Waals surface area (Å²) in [7, 11) is 0. The number of aromatic nitrogens is 1. The number of benzene rings is 4. The highest BCUT2D eigenvalue weighted by atomic mass is 79.9. The molecule has 1 fully saturated rings. The molecule has 0 atom stereocenters. The number of amides is 4. The molecule has 0 aliphatic carbocycles. The molecule has 0 unspecified atom stereocenters. The van der Waals surface area contributed by atoms with Crippen molar-refractivity contribution in [3.05, 3.63) is 118 Å². The third kappa shape index (κ3) is 4.13. The van der Waals surface area contributed by atoms with Crippen molar-refractivity contribution in [1.82, 2.24) is 9.88 Å². The minimum Gasteiger partial charge on any atom is -0.342 e. The quantitative estimate of drug-likeness (QED) is 0.212. The minimum atomic E-state index is -0.771. The Balaban J connectivity index is 1.43. The van der Waals surface area contributed by atoms with E-state index in [1.807, 2.05) is 48.7 Å². The number of nitrogens with one attached hydrogen (secondary N) is 1. The second-order valence-corrected chi connectivity index (χ2v) is 9.72. The van der Waals surface area contributed by atoms with Crippen LogP contribution in [0.5, 0.6) is 0 Å². The van der Waals surface area contributed by atoms with Gasteiger partial charge in [0.05, 0.1) is 5.69 Å². The molecule has 1 aromatic heterocycles. The zero-order chi connectivity index (χ0) is 25.5. The Morgan fingerprint density at radius 1 is 0.784 bits per heavy atom. The van der Waals surface area contributed by atoms with Gasteiger partial charge in [0.25, 0.3) is 11.8 Å². The zero-order valence-corrected chi connectivity index (χ0v) is 21.1. The van der Waals surface area contributed by atoms with Crippen LogP contribution >= 0.6 is 15.9 Å². The van der Waals surface area contributed by atoms with Crippen LogP contribution in [0.4, 0.5) is 10.5 Å². The number of para-hydroxylation sites is 1. The summed E-state index contributed by atoms with van der Waals surface area (Å²) in [6, 6.07) is 28.3. The average Bonchev–Trinajstić information content (AvgIpc) is 3.25. The van der Waals surface area contributed by atoms with Crippen LogP contribution in [-0.2, 0) is 16.1 Å². The number of hydrogen-bond donors (Lipinski definition) is 1. The lowest BCUT2D eigenvalue weighted by Gasteiger charge is -2.26. The molecule has 5 aromatic rings. The lowest BCUT2D eigenvalue weighted by molar-refractivity contribution is -0.122. The van der Waals surface area contributed by atoms with Gasteiger partial charge in [-0.15, -0.1) is 0 Å². The van der Waals surface area contributed by atoms with Gasteiger partial charge in [-0.2, -0.15) is 0 Å². The Kier molecular flexibility index (Phi) is 5.70. The number of carbonyl (C=O) groups excluding carboxylic acids is 3. The molecular weight excluding hydrogens is 530 g/mol. The molecule has 180 valence electrons. The van der Waals surface area contributed by atoms with E-state index in [-0.39, 0.29) is 5.57 Å². The number of hydrogen-bond acceptors (Lipinski definition) is 3. The van der Waals surface area contributed by atoms with E-state index >= 15 is 0 Å². The summed E-state index contributed by atoms with van der Waals surface area (Å²) in [6.07, 6.45) is 3.51. The predicted molar refractivity (Wildman–Crippen MR) is 148 cm³/mol. The Morgan fingerprint density at radius 3 is 2.30 bits per heavy atom. The standard InChI is InChI=1S/C30H20BrN3O3/c31-22-12-14-23(15-13-22)34-29(36)26(28(35)32-30(34)37)16-21-18-33(27-11-4-3-10-25(21)27)17-20-8-5-7-19-6-1-2-9-24(19)20/h1-16,18H,17H2,(H,32,35,37)/b26-16+. The van der Waals surface area contributed by atoms with Crippen molar-refractivity contribution in [3.8, 4) is 0 Å². The summed E-state index contributed by atoms with van der Waals surface area (Å²) in [6.45, 7) is 0.620. The Hall–Kier alpha value is -4.49. The predicted octanol–water partition coefficient (Wildman–Crippen LogP) is 6.27. The van der Waals surface area contributed by atoms with E-state index in [1.54, 1.807) is 30.3 Å². The molecule has 6 nitrogen and oxygen atoms in total. The fourth-order valence-corrected chi connectivity index (χ4v) is 5.04. The molecule has 7 heteroatoms. The summed E-state index contributed by atoms with van der Waals surface area (Å²) in [5.74, 6) is -1.38. The third-order valence-corrected chi connectivity index (χ3v) is 7.06. The first-order valence-corrected chi connectivity index (χ1v) is 12.5. The van der Waals surface area contributed by atoms with E-state index in [4.69, 9.17) is 0 Å². The van der Waals surface area contributed by atoms with E-state index < -0.39 is 17.8 Å². The molecule has 1 N–H and O–H groups in total. The maximum Gasteiger partial charge on any atom is 0.335 e. The molecule has 37 heavy (non-hydrogen) atoms. The van der Waals surface area contributed by atoms with Gasteiger partial charge in [-0.1, -0.05) is 76.6 Å². The van der Waals surface area contributed by atoms with Crippen molar-refractivity contribution in [2.24, 2.45) is 0 Å². The number of fused-ring (bicyclic) bond motifs is 2. The van der Waals surface area contributed by atoms with E-state index in [0.29, 0.717) is 12.2 Å². The maximum atomic E-state index is 13.4. The molecule has 0 radical (unpaired) electrons. The maximum absolute atomic E-state index is 13.4. The SMILES string of the molecule is O=C1NC(=O)N(c2ccc(Br)cc2)C(=O)/C1=C/c1cn(Cc2cccc3ccccc23)c2ccccc12. The number of nitrogens with zero attached hydrogens (tertiary/aromatic N) is 2. The van der Waals surface area contributed by atoms with Crippen molar-refractivity contribution in [3.63, 3.8) is 0 Å². The number of carbonyl (C=O) groups is 3. The van der Waals surface area contributed by atoms with Gasteiger partial charge in [0.2, 0.25) is 0 Å². The summed E-state index contributed by atoms with van der Waals surface area (Å²) in [4.78, 5) is 39.7. The van der Waals surface area contributed by atoms with Crippen LogP contribution in [-0.4, -0.2) is 22.4 Å². The smallest absolute Gasteiger partial charge is 0.335 e. The lowest BCUT2D eigenvalue weighted by atomic mass is 10.0. The zero-order valence-electron chi connectivity index (χ0n) is 19.5. The molecule has 1 aliphatic rings. The minimum absolute atomic E-state index is 0.101. The first-order chi connectivity index (χ1) is 18.0. The normalized spacial score (nSPS) is 15.1. The molecule has 2 heterocycles. The van der Waals surface area contributed by atoms with Crippen molar-refractivity contribution in [2.45, 2.75) is 6.54 Å². The van der Waals surface area contributed by atoms with Crippen LogP contribution in [0.2, 0.25) is 0 Å². The summed E-state index contributed by atoms with van der Waals surface area (Å²) < 4.78 is 2.93. The second kappa shape index (κ2) is 9.19. The number of barbiturate groups is 1. The van der Waals surface area contributed by atoms with Gasteiger partial charge in [0.1, 0.15) is 5.57 Å². The number of halogens is 1. The Bertz CT molecular complexity index is 1750. The van der Waals surface area contributed by atoms with Crippen LogP contribution < -0.4 is 10.2 Å². The van der Waals surface area contributed by atoms with E-state index in [0.717, 1.165) is 31.4 Å². The van der Waals surface area contributed by atoms with E-state index in [1.165, 1.54) is 10.8 Å². The fraction of sp³-hybridized carbons (Fsp3) is 0.0333. The van der Waals surface area contributed by atoms with Gasteiger partial charge < -0.3 is 4.57 Å².